The van der Waals surface area contributed by atoms with E-state index >= 15 is 0 Å². The molecule has 2 rings (SSSR count). The minimum atomic E-state index is -0.316. The van der Waals surface area contributed by atoms with Gasteiger partial charge in [0.25, 0.3) is 5.91 Å². The zero-order valence-corrected chi connectivity index (χ0v) is 10.5. The first kappa shape index (κ1) is 12.9. The Bertz CT molecular complexity index is 421. The van der Waals surface area contributed by atoms with Crippen LogP contribution in [0.5, 0.6) is 0 Å². The Morgan fingerprint density at radius 1 is 1.56 bits per heavy atom. The van der Waals surface area contributed by atoms with Crippen LogP contribution in [-0.2, 0) is 4.74 Å². The number of amides is 1. The number of carbonyl (C=O) groups is 1. The van der Waals surface area contributed by atoms with Crippen molar-refractivity contribution < 1.29 is 14.6 Å². The van der Waals surface area contributed by atoms with Gasteiger partial charge in [-0.05, 0) is 13.8 Å². The summed E-state index contributed by atoms with van der Waals surface area (Å²) >= 11 is 0. The van der Waals surface area contributed by atoms with Gasteiger partial charge < -0.3 is 14.7 Å². The van der Waals surface area contributed by atoms with Crippen molar-refractivity contribution in [2.75, 3.05) is 19.8 Å². The zero-order chi connectivity index (χ0) is 13.1. The number of aryl methyl sites for hydroxylation is 1. The van der Waals surface area contributed by atoms with Crippen molar-refractivity contribution in [2.45, 2.75) is 26.0 Å². The Labute approximate surface area is 106 Å². The Balaban J connectivity index is 2.13. The average molecular weight is 251 g/mol. The van der Waals surface area contributed by atoms with Gasteiger partial charge in [0.05, 0.1) is 37.3 Å². The fraction of sp³-hybridized carbons (Fsp3) is 0.583. The molecular formula is C12H17N3O3. The first-order valence-corrected chi connectivity index (χ1v) is 5.94. The lowest BCUT2D eigenvalue weighted by molar-refractivity contribution is -0.0668. The standard InChI is InChI=1S/C12H17N3O3/c1-8-3-14-11(4-13-8)12(17)15-5-10(6-16)18-7-9(15)2/h3-4,9-10,16H,5-7H2,1-2H3. The summed E-state index contributed by atoms with van der Waals surface area (Å²) in [5.41, 5.74) is 1.10. The number of aliphatic hydroxyl groups is 1. The smallest absolute Gasteiger partial charge is 0.274 e. The number of carbonyl (C=O) groups excluding carboxylic acids is 1. The molecule has 1 amide bonds. The molecule has 1 fully saturated rings. The maximum absolute atomic E-state index is 12.3. The van der Waals surface area contributed by atoms with Crippen molar-refractivity contribution in [3.05, 3.63) is 23.8 Å². The molecule has 0 aliphatic carbocycles. The predicted octanol–water partition coefficient (Wildman–Crippen LogP) is 0.00682. The highest BCUT2D eigenvalue weighted by atomic mass is 16.5. The Morgan fingerprint density at radius 2 is 2.33 bits per heavy atom. The first-order chi connectivity index (χ1) is 8.61. The molecule has 1 aromatic rings. The van der Waals surface area contributed by atoms with E-state index in [2.05, 4.69) is 9.97 Å². The van der Waals surface area contributed by atoms with Crippen LogP contribution in [0, 0.1) is 6.92 Å². The molecule has 1 aromatic heterocycles. The summed E-state index contributed by atoms with van der Waals surface area (Å²) in [5, 5.41) is 9.09. The van der Waals surface area contributed by atoms with Gasteiger partial charge in [-0.3, -0.25) is 9.78 Å². The fourth-order valence-corrected chi connectivity index (χ4v) is 1.86. The topological polar surface area (TPSA) is 75.6 Å². The SMILES string of the molecule is Cc1cnc(C(=O)N2CC(CO)OCC2C)cn1. The maximum atomic E-state index is 12.3. The normalized spacial score (nSPS) is 24.1. The van der Waals surface area contributed by atoms with Crippen molar-refractivity contribution in [3.63, 3.8) is 0 Å². The fourth-order valence-electron chi connectivity index (χ4n) is 1.86. The predicted molar refractivity (Wildman–Crippen MR) is 64.1 cm³/mol. The molecule has 2 atom stereocenters. The lowest BCUT2D eigenvalue weighted by Crippen LogP contribution is -2.52. The molecule has 1 N–H and O–H groups in total. The number of hydrogen-bond acceptors (Lipinski definition) is 5. The molecule has 18 heavy (non-hydrogen) atoms. The molecule has 98 valence electrons. The Hall–Kier alpha value is -1.53. The van der Waals surface area contributed by atoms with Gasteiger partial charge in [0.1, 0.15) is 5.69 Å². The van der Waals surface area contributed by atoms with Crippen LogP contribution in [0.4, 0.5) is 0 Å². The summed E-state index contributed by atoms with van der Waals surface area (Å²) in [6.45, 7) is 4.45. The van der Waals surface area contributed by atoms with Gasteiger partial charge in [-0.1, -0.05) is 0 Å². The van der Waals surface area contributed by atoms with Crippen LogP contribution < -0.4 is 0 Å². The molecule has 1 aliphatic heterocycles. The number of morpholine rings is 1. The molecule has 0 aromatic carbocycles. The molecule has 6 nitrogen and oxygen atoms in total. The third-order valence-corrected chi connectivity index (χ3v) is 2.97. The Morgan fingerprint density at radius 3 is 2.94 bits per heavy atom. The molecule has 0 saturated carbocycles. The Kier molecular flexibility index (Phi) is 3.88. The quantitative estimate of drug-likeness (QED) is 0.801. The van der Waals surface area contributed by atoms with Crippen LogP contribution in [0.2, 0.25) is 0 Å². The van der Waals surface area contributed by atoms with Gasteiger partial charge in [-0.15, -0.1) is 0 Å². The van der Waals surface area contributed by atoms with E-state index in [1.165, 1.54) is 6.20 Å². The molecule has 2 heterocycles. The van der Waals surface area contributed by atoms with Crippen molar-refractivity contribution in [1.29, 1.82) is 0 Å². The molecule has 6 heteroatoms. The number of aliphatic hydroxyl groups excluding tert-OH is 1. The summed E-state index contributed by atoms with van der Waals surface area (Å²) in [6.07, 6.45) is 2.74. The van der Waals surface area contributed by atoms with E-state index in [0.717, 1.165) is 5.69 Å². The van der Waals surface area contributed by atoms with Gasteiger partial charge in [0, 0.05) is 12.7 Å². The minimum Gasteiger partial charge on any atom is -0.394 e. The first-order valence-electron chi connectivity index (χ1n) is 5.94. The zero-order valence-electron chi connectivity index (χ0n) is 10.5. The molecule has 0 bridgehead atoms. The van der Waals surface area contributed by atoms with Crippen LogP contribution in [-0.4, -0.2) is 57.8 Å². The summed E-state index contributed by atoms with van der Waals surface area (Å²) in [6, 6.07) is -0.0246. The second-order valence-electron chi connectivity index (χ2n) is 4.49. The molecule has 2 unspecified atom stereocenters. The van der Waals surface area contributed by atoms with Gasteiger partial charge in [0.15, 0.2) is 0 Å². The third-order valence-electron chi connectivity index (χ3n) is 2.97. The van der Waals surface area contributed by atoms with E-state index in [-0.39, 0.29) is 24.7 Å². The van der Waals surface area contributed by atoms with Gasteiger partial charge in [0.2, 0.25) is 0 Å². The monoisotopic (exact) mass is 251 g/mol. The average Bonchev–Trinajstić information content (AvgIpc) is 2.39. The van der Waals surface area contributed by atoms with Crippen molar-refractivity contribution in [1.82, 2.24) is 14.9 Å². The van der Waals surface area contributed by atoms with Gasteiger partial charge in [-0.25, -0.2) is 4.98 Å². The second-order valence-corrected chi connectivity index (χ2v) is 4.49. The number of aromatic nitrogens is 2. The number of ether oxygens (including phenoxy) is 1. The molecule has 1 saturated heterocycles. The van der Waals surface area contributed by atoms with Crippen LogP contribution in [0.25, 0.3) is 0 Å². The summed E-state index contributed by atoms with van der Waals surface area (Å²) < 4.78 is 5.39. The summed E-state index contributed by atoms with van der Waals surface area (Å²) in [7, 11) is 0. The van der Waals surface area contributed by atoms with Crippen molar-refractivity contribution in [3.8, 4) is 0 Å². The molecule has 0 radical (unpaired) electrons. The third kappa shape index (κ3) is 2.65. The van der Waals surface area contributed by atoms with E-state index in [4.69, 9.17) is 9.84 Å². The van der Waals surface area contributed by atoms with Crippen LogP contribution in [0.3, 0.4) is 0 Å². The van der Waals surface area contributed by atoms with Crippen LogP contribution in [0.1, 0.15) is 23.1 Å². The highest BCUT2D eigenvalue weighted by Gasteiger charge is 2.30. The summed E-state index contributed by atoms with van der Waals surface area (Å²) in [5.74, 6) is -0.170. The van der Waals surface area contributed by atoms with E-state index in [1.54, 1.807) is 11.1 Å². The van der Waals surface area contributed by atoms with E-state index in [1.807, 2.05) is 13.8 Å². The van der Waals surface area contributed by atoms with Crippen LogP contribution in [0.15, 0.2) is 12.4 Å². The van der Waals surface area contributed by atoms with Crippen molar-refractivity contribution in [2.24, 2.45) is 0 Å². The minimum absolute atomic E-state index is 0.0246. The second kappa shape index (κ2) is 5.41. The highest BCUT2D eigenvalue weighted by molar-refractivity contribution is 5.92. The largest absolute Gasteiger partial charge is 0.394 e. The highest BCUT2D eigenvalue weighted by Crippen LogP contribution is 2.14. The molecule has 1 aliphatic rings. The number of hydrogen-bond donors (Lipinski definition) is 1. The van der Waals surface area contributed by atoms with E-state index in [9.17, 15) is 4.79 Å². The van der Waals surface area contributed by atoms with Crippen LogP contribution >= 0.6 is 0 Å². The summed E-state index contributed by atoms with van der Waals surface area (Å²) in [4.78, 5) is 22.1. The number of rotatable bonds is 2. The van der Waals surface area contributed by atoms with E-state index < -0.39 is 0 Å². The van der Waals surface area contributed by atoms with Crippen molar-refractivity contribution >= 4 is 5.91 Å². The maximum Gasteiger partial charge on any atom is 0.274 e. The molecule has 0 spiro atoms. The lowest BCUT2D eigenvalue weighted by Gasteiger charge is -2.37. The van der Waals surface area contributed by atoms with Gasteiger partial charge in [-0.2, -0.15) is 0 Å². The molecular weight excluding hydrogens is 234 g/mol. The van der Waals surface area contributed by atoms with E-state index in [0.29, 0.717) is 18.8 Å². The number of nitrogens with zero attached hydrogens (tertiary/aromatic N) is 3. The lowest BCUT2D eigenvalue weighted by atomic mass is 10.2. The van der Waals surface area contributed by atoms with Gasteiger partial charge >= 0.3 is 0 Å².